The Morgan fingerprint density at radius 3 is 2.00 bits per heavy atom. The predicted octanol–water partition coefficient (Wildman–Crippen LogP) is 2.30. The molecule has 2 aliphatic heterocycles. The summed E-state index contributed by atoms with van der Waals surface area (Å²) in [6.07, 6.45) is 2.08. The molecule has 2 saturated heterocycles. The molecule has 2 heterocycles. The average molecular weight is 309 g/mol. The van der Waals surface area contributed by atoms with E-state index in [9.17, 15) is 4.79 Å². The van der Waals surface area contributed by atoms with Crippen molar-refractivity contribution in [2.24, 2.45) is 11.3 Å². The number of nitrogens with zero attached hydrogens (tertiary/aromatic N) is 3. The molecule has 4 heteroatoms. The van der Waals surface area contributed by atoms with E-state index in [2.05, 4.69) is 49.3 Å². The molecular formula is C18H35N3O. The minimum absolute atomic E-state index is 0.266. The second-order valence-corrected chi connectivity index (χ2v) is 8.57. The van der Waals surface area contributed by atoms with Crippen LogP contribution in [0, 0.1) is 11.3 Å². The lowest BCUT2D eigenvalue weighted by Gasteiger charge is -2.40. The van der Waals surface area contributed by atoms with Crippen LogP contribution in [0.2, 0.25) is 0 Å². The van der Waals surface area contributed by atoms with Gasteiger partial charge in [0.15, 0.2) is 0 Å². The fourth-order valence-corrected chi connectivity index (χ4v) is 3.73. The van der Waals surface area contributed by atoms with Crippen LogP contribution in [0.5, 0.6) is 0 Å². The molecule has 0 atom stereocenters. The third kappa shape index (κ3) is 4.95. The first-order valence-corrected chi connectivity index (χ1v) is 9.01. The molecule has 2 rings (SSSR count). The van der Waals surface area contributed by atoms with E-state index in [0.29, 0.717) is 17.4 Å². The number of hydrogen-bond acceptors (Lipinski definition) is 3. The maximum Gasteiger partial charge on any atom is 0.225 e. The Hall–Kier alpha value is -0.610. The molecule has 128 valence electrons. The Labute approximate surface area is 136 Å². The first-order chi connectivity index (χ1) is 10.3. The number of piperidine rings is 1. The SMILES string of the molecule is CC(C)N1CCN(C(=O)C2CCN(CC(C)(C)C)CC2)CC1. The molecule has 0 saturated carbocycles. The summed E-state index contributed by atoms with van der Waals surface area (Å²) in [6, 6.07) is 0.595. The van der Waals surface area contributed by atoms with Crippen molar-refractivity contribution in [1.82, 2.24) is 14.7 Å². The molecule has 1 amide bonds. The maximum atomic E-state index is 12.7. The van der Waals surface area contributed by atoms with Crippen LogP contribution in [-0.4, -0.2) is 72.5 Å². The van der Waals surface area contributed by atoms with Crippen LogP contribution in [-0.2, 0) is 4.79 Å². The summed E-state index contributed by atoms with van der Waals surface area (Å²) in [5, 5.41) is 0. The molecule has 0 aromatic rings. The highest BCUT2D eigenvalue weighted by atomic mass is 16.2. The number of carbonyl (C=O) groups excluding carboxylic acids is 1. The minimum Gasteiger partial charge on any atom is -0.340 e. The third-order valence-electron chi connectivity index (χ3n) is 4.99. The van der Waals surface area contributed by atoms with Crippen molar-refractivity contribution in [3.05, 3.63) is 0 Å². The van der Waals surface area contributed by atoms with Crippen molar-refractivity contribution < 1.29 is 4.79 Å². The van der Waals surface area contributed by atoms with Gasteiger partial charge in [0.1, 0.15) is 0 Å². The number of hydrogen-bond donors (Lipinski definition) is 0. The van der Waals surface area contributed by atoms with Crippen LogP contribution in [0.15, 0.2) is 0 Å². The molecule has 2 aliphatic rings. The second kappa shape index (κ2) is 7.31. The molecule has 0 aromatic heterocycles. The quantitative estimate of drug-likeness (QED) is 0.800. The summed E-state index contributed by atoms with van der Waals surface area (Å²) in [4.78, 5) is 19.8. The summed E-state index contributed by atoms with van der Waals surface area (Å²) in [5.74, 6) is 0.681. The topological polar surface area (TPSA) is 26.8 Å². The zero-order valence-electron chi connectivity index (χ0n) is 15.3. The van der Waals surface area contributed by atoms with Gasteiger partial charge in [0.25, 0.3) is 0 Å². The molecule has 4 nitrogen and oxygen atoms in total. The van der Waals surface area contributed by atoms with Crippen molar-refractivity contribution in [2.75, 3.05) is 45.8 Å². The number of likely N-dealkylation sites (tertiary alicyclic amines) is 1. The predicted molar refractivity (Wildman–Crippen MR) is 91.9 cm³/mol. The van der Waals surface area contributed by atoms with Gasteiger partial charge in [-0.15, -0.1) is 0 Å². The van der Waals surface area contributed by atoms with E-state index in [-0.39, 0.29) is 5.92 Å². The largest absolute Gasteiger partial charge is 0.340 e. The molecule has 22 heavy (non-hydrogen) atoms. The van der Waals surface area contributed by atoms with Crippen LogP contribution in [0.4, 0.5) is 0 Å². The standard InChI is InChI=1S/C18H35N3O/c1-15(2)20-10-12-21(13-11-20)17(22)16-6-8-19(9-7-16)14-18(3,4)5/h15-16H,6-14H2,1-5H3. The Morgan fingerprint density at radius 1 is 1.00 bits per heavy atom. The molecule has 0 N–H and O–H groups in total. The smallest absolute Gasteiger partial charge is 0.225 e. The van der Waals surface area contributed by atoms with Crippen LogP contribution >= 0.6 is 0 Å². The molecule has 0 aromatic carbocycles. The van der Waals surface area contributed by atoms with Gasteiger partial charge in [0.2, 0.25) is 5.91 Å². The lowest BCUT2D eigenvalue weighted by molar-refractivity contribution is -0.139. The van der Waals surface area contributed by atoms with Crippen molar-refractivity contribution in [3.63, 3.8) is 0 Å². The highest BCUT2D eigenvalue weighted by Crippen LogP contribution is 2.24. The molecule has 2 fully saturated rings. The van der Waals surface area contributed by atoms with Crippen LogP contribution in [0.1, 0.15) is 47.5 Å². The fraction of sp³-hybridized carbons (Fsp3) is 0.944. The average Bonchev–Trinajstić information content (AvgIpc) is 2.46. The van der Waals surface area contributed by atoms with Gasteiger partial charge >= 0.3 is 0 Å². The maximum absolute atomic E-state index is 12.7. The Morgan fingerprint density at radius 2 is 1.55 bits per heavy atom. The summed E-state index contributed by atoms with van der Waals surface area (Å²) in [6.45, 7) is 18.6. The molecule has 0 spiro atoms. The van der Waals surface area contributed by atoms with E-state index >= 15 is 0 Å². The van der Waals surface area contributed by atoms with Gasteiger partial charge < -0.3 is 9.80 Å². The van der Waals surface area contributed by atoms with Gasteiger partial charge in [0, 0.05) is 44.7 Å². The lowest BCUT2D eigenvalue weighted by Crippen LogP contribution is -2.53. The number of amides is 1. The first-order valence-electron chi connectivity index (χ1n) is 9.01. The number of carbonyl (C=O) groups is 1. The summed E-state index contributed by atoms with van der Waals surface area (Å²) < 4.78 is 0. The molecular weight excluding hydrogens is 274 g/mol. The number of piperazine rings is 1. The van der Waals surface area contributed by atoms with E-state index in [0.717, 1.165) is 58.7 Å². The van der Waals surface area contributed by atoms with Gasteiger partial charge in [-0.25, -0.2) is 0 Å². The second-order valence-electron chi connectivity index (χ2n) is 8.57. The zero-order chi connectivity index (χ0) is 16.3. The lowest BCUT2D eigenvalue weighted by atomic mass is 9.91. The van der Waals surface area contributed by atoms with Gasteiger partial charge in [-0.1, -0.05) is 20.8 Å². The first kappa shape index (κ1) is 17.7. The Bertz CT molecular complexity index is 359. The minimum atomic E-state index is 0.266. The summed E-state index contributed by atoms with van der Waals surface area (Å²) in [7, 11) is 0. The fourth-order valence-electron chi connectivity index (χ4n) is 3.73. The van der Waals surface area contributed by atoms with Gasteiger partial charge in [0.05, 0.1) is 0 Å². The normalized spacial score (nSPS) is 23.3. The van der Waals surface area contributed by atoms with Gasteiger partial charge in [-0.05, 0) is 45.2 Å². The van der Waals surface area contributed by atoms with E-state index in [1.807, 2.05) is 0 Å². The molecule has 0 aliphatic carbocycles. The van der Waals surface area contributed by atoms with Crippen LogP contribution < -0.4 is 0 Å². The number of rotatable bonds is 3. The van der Waals surface area contributed by atoms with E-state index in [4.69, 9.17) is 0 Å². The van der Waals surface area contributed by atoms with E-state index in [1.54, 1.807) is 0 Å². The van der Waals surface area contributed by atoms with Crippen molar-refractivity contribution >= 4 is 5.91 Å². The third-order valence-corrected chi connectivity index (χ3v) is 4.99. The highest BCUT2D eigenvalue weighted by Gasteiger charge is 2.31. The van der Waals surface area contributed by atoms with Crippen molar-refractivity contribution in [1.29, 1.82) is 0 Å². The van der Waals surface area contributed by atoms with E-state index < -0.39 is 0 Å². The zero-order valence-corrected chi connectivity index (χ0v) is 15.3. The Kier molecular flexibility index (Phi) is 5.89. The molecule has 0 unspecified atom stereocenters. The Balaban J connectivity index is 1.76. The van der Waals surface area contributed by atoms with Crippen LogP contribution in [0.3, 0.4) is 0 Å². The van der Waals surface area contributed by atoms with Gasteiger partial charge in [-0.2, -0.15) is 0 Å². The monoisotopic (exact) mass is 309 g/mol. The summed E-state index contributed by atoms with van der Waals surface area (Å²) >= 11 is 0. The van der Waals surface area contributed by atoms with Crippen molar-refractivity contribution in [3.8, 4) is 0 Å². The summed E-state index contributed by atoms with van der Waals surface area (Å²) in [5.41, 5.74) is 0.351. The highest BCUT2D eigenvalue weighted by molar-refractivity contribution is 5.79. The van der Waals surface area contributed by atoms with Gasteiger partial charge in [-0.3, -0.25) is 9.69 Å². The van der Waals surface area contributed by atoms with Crippen molar-refractivity contribution in [2.45, 2.75) is 53.5 Å². The van der Waals surface area contributed by atoms with Crippen LogP contribution in [0.25, 0.3) is 0 Å². The van der Waals surface area contributed by atoms with E-state index in [1.165, 1.54) is 0 Å². The molecule has 0 radical (unpaired) electrons. The molecule has 0 bridgehead atoms.